The highest BCUT2D eigenvalue weighted by Gasteiger charge is 2.21. The Morgan fingerprint density at radius 1 is 1.44 bits per heavy atom. The second kappa shape index (κ2) is 5.34. The highest BCUT2D eigenvalue weighted by Crippen LogP contribution is 2.27. The Labute approximate surface area is 99.0 Å². The van der Waals surface area contributed by atoms with Gasteiger partial charge in [-0.25, -0.2) is 4.98 Å². The van der Waals surface area contributed by atoms with Crippen LogP contribution >= 0.6 is 11.6 Å². The molecule has 1 aromatic rings. The lowest BCUT2D eigenvalue weighted by Crippen LogP contribution is -2.20. The van der Waals surface area contributed by atoms with Crippen LogP contribution in [0.4, 0.5) is 11.5 Å². The monoisotopic (exact) mass is 245 g/mol. The number of halogens is 1. The van der Waals surface area contributed by atoms with E-state index in [1.165, 1.54) is 6.20 Å². The summed E-state index contributed by atoms with van der Waals surface area (Å²) in [6.07, 6.45) is -0.259. The van der Waals surface area contributed by atoms with Crippen LogP contribution in [0.5, 0.6) is 0 Å². The van der Waals surface area contributed by atoms with Crippen LogP contribution in [0.1, 0.15) is 23.7 Å². The number of alkyl halides is 1. The van der Waals surface area contributed by atoms with Crippen LogP contribution in [0.3, 0.4) is 0 Å². The van der Waals surface area contributed by atoms with Gasteiger partial charge in [-0.1, -0.05) is 0 Å². The maximum Gasteiger partial charge on any atom is 0.146 e. The molecule has 5 nitrogen and oxygen atoms in total. The second-order valence-corrected chi connectivity index (χ2v) is 4.01. The molecule has 1 aromatic heterocycles. The quantitative estimate of drug-likeness (QED) is 0.581. The van der Waals surface area contributed by atoms with E-state index in [4.69, 9.17) is 23.1 Å². The van der Waals surface area contributed by atoms with Crippen molar-refractivity contribution in [3.05, 3.63) is 17.3 Å². The second-order valence-electron chi connectivity index (χ2n) is 3.63. The van der Waals surface area contributed by atoms with Crippen molar-refractivity contribution >= 4 is 23.1 Å². The fourth-order valence-corrected chi connectivity index (χ4v) is 1.65. The summed E-state index contributed by atoms with van der Waals surface area (Å²) in [4.78, 5) is 3.85. The summed E-state index contributed by atoms with van der Waals surface area (Å²) in [5.74, 6) is 0.495. The molecular weight excluding hydrogens is 230 g/mol. The first kappa shape index (κ1) is 13.0. The van der Waals surface area contributed by atoms with Crippen molar-refractivity contribution in [2.75, 3.05) is 17.3 Å². The van der Waals surface area contributed by atoms with E-state index in [9.17, 15) is 10.2 Å². The summed E-state index contributed by atoms with van der Waals surface area (Å²) in [5, 5.41) is 19.5. The van der Waals surface area contributed by atoms with Crippen LogP contribution in [-0.4, -0.2) is 27.2 Å². The summed E-state index contributed by atoms with van der Waals surface area (Å²) in [7, 11) is 0. The average Bonchev–Trinajstić information content (AvgIpc) is 2.26. The van der Waals surface area contributed by atoms with Gasteiger partial charge in [0.05, 0.1) is 11.8 Å². The van der Waals surface area contributed by atoms with E-state index in [1.54, 1.807) is 6.92 Å². The Balaban J connectivity index is 3.00. The minimum atomic E-state index is -1.05. The first-order valence-corrected chi connectivity index (χ1v) is 5.45. The third-order valence-electron chi connectivity index (χ3n) is 2.54. The smallest absolute Gasteiger partial charge is 0.146 e. The number of aliphatic hydroxyl groups excluding tert-OH is 2. The Morgan fingerprint density at radius 3 is 2.62 bits per heavy atom. The predicted octanol–water partition coefficient (Wildman–Crippen LogP) is 0.578. The molecule has 0 saturated heterocycles. The van der Waals surface area contributed by atoms with Gasteiger partial charge in [-0.3, -0.25) is 0 Å². The molecule has 0 saturated carbocycles. The number of hydrogen-bond acceptors (Lipinski definition) is 5. The fourth-order valence-electron chi connectivity index (χ4n) is 1.43. The lowest BCUT2D eigenvalue weighted by atomic mass is 9.99. The number of aliphatic hydroxyl groups is 2. The van der Waals surface area contributed by atoms with Crippen molar-refractivity contribution in [3.8, 4) is 0 Å². The molecule has 2 unspecified atom stereocenters. The first-order valence-electron chi connectivity index (χ1n) is 4.91. The molecule has 90 valence electrons. The van der Waals surface area contributed by atoms with E-state index >= 15 is 0 Å². The lowest BCUT2D eigenvalue weighted by Gasteiger charge is -2.19. The largest absolute Gasteiger partial charge is 0.396 e. The summed E-state index contributed by atoms with van der Waals surface area (Å²) >= 11 is 5.49. The first-order chi connectivity index (χ1) is 7.49. The van der Waals surface area contributed by atoms with Crippen molar-refractivity contribution in [3.63, 3.8) is 0 Å². The zero-order valence-electron chi connectivity index (χ0n) is 9.02. The SMILES string of the molecule is Cc1c(C(O)C(O)CCCl)cnc(N)c1N. The molecule has 6 N–H and O–H groups in total. The minimum Gasteiger partial charge on any atom is -0.396 e. The van der Waals surface area contributed by atoms with Crippen molar-refractivity contribution < 1.29 is 10.2 Å². The van der Waals surface area contributed by atoms with Gasteiger partial charge in [-0.2, -0.15) is 0 Å². The summed E-state index contributed by atoms with van der Waals surface area (Å²) in [6.45, 7) is 1.72. The van der Waals surface area contributed by atoms with E-state index in [0.717, 1.165) is 0 Å². The Hall–Kier alpha value is -1.04. The molecule has 16 heavy (non-hydrogen) atoms. The topological polar surface area (TPSA) is 105 Å². The van der Waals surface area contributed by atoms with E-state index < -0.39 is 12.2 Å². The van der Waals surface area contributed by atoms with Crippen LogP contribution in [0.25, 0.3) is 0 Å². The number of pyridine rings is 1. The van der Waals surface area contributed by atoms with Crippen LogP contribution in [0.2, 0.25) is 0 Å². The van der Waals surface area contributed by atoms with E-state index in [-0.39, 0.29) is 11.7 Å². The van der Waals surface area contributed by atoms with Crippen molar-refractivity contribution in [1.29, 1.82) is 0 Å². The van der Waals surface area contributed by atoms with Crippen LogP contribution in [0.15, 0.2) is 6.20 Å². The number of hydrogen-bond donors (Lipinski definition) is 4. The summed E-state index contributed by atoms with van der Waals surface area (Å²) < 4.78 is 0. The Morgan fingerprint density at radius 2 is 2.06 bits per heavy atom. The molecule has 1 heterocycles. The standard InChI is InChI=1S/C10H16ClN3O2/c1-5-6(4-14-10(13)8(5)12)9(16)7(15)2-3-11/h4,7,9,15-16H,2-3,12H2,1H3,(H2,13,14). The van der Waals surface area contributed by atoms with Crippen LogP contribution in [0, 0.1) is 6.92 Å². The van der Waals surface area contributed by atoms with Crippen LogP contribution in [-0.2, 0) is 0 Å². The zero-order valence-corrected chi connectivity index (χ0v) is 9.78. The van der Waals surface area contributed by atoms with Gasteiger partial charge in [0.25, 0.3) is 0 Å². The van der Waals surface area contributed by atoms with E-state index in [0.29, 0.717) is 23.2 Å². The molecule has 2 atom stereocenters. The third-order valence-corrected chi connectivity index (χ3v) is 2.76. The van der Waals surface area contributed by atoms with Gasteiger partial charge in [0, 0.05) is 17.6 Å². The number of nitrogens with zero attached hydrogens (tertiary/aromatic N) is 1. The Kier molecular flexibility index (Phi) is 4.35. The van der Waals surface area contributed by atoms with Gasteiger partial charge in [0.1, 0.15) is 11.9 Å². The average molecular weight is 246 g/mol. The number of anilines is 2. The molecule has 6 heteroatoms. The Bertz CT molecular complexity index is 373. The molecule has 0 bridgehead atoms. The fraction of sp³-hybridized carbons (Fsp3) is 0.500. The van der Waals surface area contributed by atoms with Gasteiger partial charge < -0.3 is 21.7 Å². The van der Waals surface area contributed by atoms with Gasteiger partial charge in [0.15, 0.2) is 0 Å². The highest BCUT2D eigenvalue weighted by atomic mass is 35.5. The molecule has 0 aliphatic carbocycles. The van der Waals surface area contributed by atoms with Crippen LogP contribution < -0.4 is 11.5 Å². The van der Waals surface area contributed by atoms with Gasteiger partial charge in [-0.15, -0.1) is 11.6 Å². The molecule has 0 spiro atoms. The molecule has 0 radical (unpaired) electrons. The number of aromatic nitrogens is 1. The molecule has 0 amide bonds. The van der Waals surface area contributed by atoms with Crippen molar-refractivity contribution in [1.82, 2.24) is 4.98 Å². The third kappa shape index (κ3) is 2.55. The maximum atomic E-state index is 9.87. The molecule has 0 fully saturated rings. The lowest BCUT2D eigenvalue weighted by molar-refractivity contribution is 0.0165. The highest BCUT2D eigenvalue weighted by molar-refractivity contribution is 6.17. The van der Waals surface area contributed by atoms with Gasteiger partial charge in [-0.05, 0) is 18.9 Å². The van der Waals surface area contributed by atoms with E-state index in [2.05, 4.69) is 4.98 Å². The van der Waals surface area contributed by atoms with Crippen molar-refractivity contribution in [2.24, 2.45) is 0 Å². The number of nitrogens with two attached hydrogens (primary N) is 2. The van der Waals surface area contributed by atoms with E-state index in [1.807, 2.05) is 0 Å². The summed E-state index contributed by atoms with van der Waals surface area (Å²) in [6, 6.07) is 0. The molecule has 1 rings (SSSR count). The normalized spacial score (nSPS) is 14.8. The number of rotatable bonds is 4. The molecule has 0 aliphatic heterocycles. The molecule has 0 aliphatic rings. The number of nitrogen functional groups attached to an aromatic ring is 2. The predicted molar refractivity (Wildman–Crippen MR) is 64.1 cm³/mol. The van der Waals surface area contributed by atoms with Gasteiger partial charge in [0.2, 0.25) is 0 Å². The maximum absolute atomic E-state index is 9.87. The minimum absolute atomic E-state index is 0.222. The summed E-state index contributed by atoms with van der Waals surface area (Å²) in [5.41, 5.74) is 12.6. The zero-order chi connectivity index (χ0) is 12.3. The van der Waals surface area contributed by atoms with Crippen molar-refractivity contribution in [2.45, 2.75) is 25.6 Å². The van der Waals surface area contributed by atoms with Gasteiger partial charge >= 0.3 is 0 Å². The molecular formula is C10H16ClN3O2. The molecule has 0 aromatic carbocycles.